The Morgan fingerprint density at radius 1 is 0.944 bits per heavy atom. The number of likely N-dealkylation sites (tertiary alicyclic amines) is 1. The Balaban J connectivity index is 1.41. The van der Waals surface area contributed by atoms with E-state index in [-0.39, 0.29) is 37.7 Å². The minimum Gasteiger partial charge on any atom is -0.467 e. The molecule has 3 fully saturated rings. The number of hydrogen-bond donors (Lipinski definition) is 0. The monoisotopic (exact) mass is 502 g/mol. The molecule has 0 aromatic heterocycles. The van der Waals surface area contributed by atoms with Crippen molar-refractivity contribution in [2.45, 2.75) is 57.5 Å². The smallest absolute Gasteiger partial charge is 0.410 e. The van der Waals surface area contributed by atoms with Crippen LogP contribution >= 0.6 is 0 Å². The number of methoxy groups -OCH3 is 1. The number of hydrogen-bond acceptors (Lipinski definition) is 7. The number of ether oxygens (including phenoxy) is 3. The van der Waals surface area contributed by atoms with Gasteiger partial charge < -0.3 is 28.9 Å². The van der Waals surface area contributed by atoms with E-state index in [1.807, 2.05) is 51.1 Å². The minimum absolute atomic E-state index is 0.0771. The van der Waals surface area contributed by atoms with Gasteiger partial charge in [-0.25, -0.2) is 19.2 Å². The summed E-state index contributed by atoms with van der Waals surface area (Å²) in [6.45, 7) is 7.23. The Labute approximate surface area is 210 Å². The number of nitrogens with zero attached hydrogens (tertiary/aromatic N) is 4. The first-order valence-corrected chi connectivity index (χ1v) is 12.2. The van der Waals surface area contributed by atoms with E-state index in [1.165, 1.54) is 12.0 Å². The number of benzene rings is 1. The summed E-state index contributed by atoms with van der Waals surface area (Å²) < 4.78 is 15.9. The van der Waals surface area contributed by atoms with E-state index in [2.05, 4.69) is 0 Å². The van der Waals surface area contributed by atoms with Crippen LogP contribution in [-0.4, -0.2) is 107 Å². The van der Waals surface area contributed by atoms with Crippen molar-refractivity contribution in [1.29, 1.82) is 0 Å². The third-order valence-corrected chi connectivity index (χ3v) is 6.67. The molecule has 4 amide bonds. The average molecular weight is 503 g/mol. The fourth-order valence-electron chi connectivity index (χ4n) is 4.93. The van der Waals surface area contributed by atoms with Gasteiger partial charge in [-0.3, -0.25) is 4.90 Å². The van der Waals surface area contributed by atoms with Gasteiger partial charge in [0.2, 0.25) is 0 Å². The van der Waals surface area contributed by atoms with Crippen LogP contribution < -0.4 is 0 Å². The van der Waals surface area contributed by atoms with Gasteiger partial charge >= 0.3 is 24.2 Å². The quantitative estimate of drug-likeness (QED) is 0.459. The molecule has 0 radical (unpaired) electrons. The Kier molecular flexibility index (Phi) is 7.28. The van der Waals surface area contributed by atoms with Crippen molar-refractivity contribution < 1.29 is 33.4 Å². The number of rotatable bonds is 4. The van der Waals surface area contributed by atoms with E-state index in [4.69, 9.17) is 14.2 Å². The standard InChI is InChI=1S/C25H34N4O7/c1-25(2,3)36-23(32)26-10-11-27-19(13-26)15-28(22(27)31)18-12-20(21(30)34-4)29(14-18)24(33)35-16-17-8-6-5-7-9-17/h5-9,18-20H,10-16H2,1-4H3/t18-,19?,20+/m0/s1. The maximum absolute atomic E-state index is 13.2. The van der Waals surface area contributed by atoms with Crippen LogP contribution in [0.25, 0.3) is 0 Å². The van der Waals surface area contributed by atoms with Crippen LogP contribution in [0.15, 0.2) is 30.3 Å². The van der Waals surface area contributed by atoms with Gasteiger partial charge in [-0.15, -0.1) is 0 Å². The second kappa shape index (κ2) is 10.2. The van der Waals surface area contributed by atoms with Gasteiger partial charge in [0.1, 0.15) is 18.2 Å². The van der Waals surface area contributed by atoms with Gasteiger partial charge in [0, 0.05) is 39.1 Å². The molecule has 1 aromatic rings. The SMILES string of the molecule is COC(=O)[C@H]1C[C@H](N2CC3CN(C(=O)OC(C)(C)C)CCN3C2=O)CN1C(=O)OCc1ccccc1. The van der Waals surface area contributed by atoms with E-state index in [9.17, 15) is 19.2 Å². The molecule has 0 N–H and O–H groups in total. The van der Waals surface area contributed by atoms with Crippen LogP contribution in [0.2, 0.25) is 0 Å². The molecule has 3 heterocycles. The molecule has 1 unspecified atom stereocenters. The topological polar surface area (TPSA) is 109 Å². The van der Waals surface area contributed by atoms with Gasteiger partial charge in [-0.1, -0.05) is 30.3 Å². The summed E-state index contributed by atoms with van der Waals surface area (Å²) >= 11 is 0. The van der Waals surface area contributed by atoms with Gasteiger partial charge in [0.05, 0.1) is 19.2 Å². The summed E-state index contributed by atoms with van der Waals surface area (Å²) in [5.74, 6) is -0.547. The number of fused-ring (bicyclic) bond motifs is 1. The molecule has 3 aliphatic rings. The average Bonchev–Trinajstić information content (AvgIpc) is 3.43. The molecule has 0 bridgehead atoms. The van der Waals surface area contributed by atoms with Crippen molar-refractivity contribution >= 4 is 24.2 Å². The van der Waals surface area contributed by atoms with Crippen LogP contribution in [-0.2, 0) is 25.6 Å². The zero-order valence-electron chi connectivity index (χ0n) is 21.2. The molecule has 3 aliphatic heterocycles. The fraction of sp³-hybridized carbons (Fsp3) is 0.600. The Morgan fingerprint density at radius 2 is 1.67 bits per heavy atom. The van der Waals surface area contributed by atoms with Crippen LogP contribution in [0.3, 0.4) is 0 Å². The molecule has 4 rings (SSSR count). The van der Waals surface area contributed by atoms with E-state index >= 15 is 0 Å². The number of urea groups is 1. The largest absolute Gasteiger partial charge is 0.467 e. The fourth-order valence-corrected chi connectivity index (χ4v) is 4.93. The van der Waals surface area contributed by atoms with Crippen molar-refractivity contribution in [2.24, 2.45) is 0 Å². The lowest BCUT2D eigenvalue weighted by molar-refractivity contribution is -0.145. The molecule has 36 heavy (non-hydrogen) atoms. The first-order valence-electron chi connectivity index (χ1n) is 12.2. The molecule has 0 spiro atoms. The van der Waals surface area contributed by atoms with Gasteiger partial charge in [-0.2, -0.15) is 0 Å². The normalized spacial score (nSPS) is 24.0. The van der Waals surface area contributed by atoms with Crippen molar-refractivity contribution in [1.82, 2.24) is 19.6 Å². The molecule has 0 saturated carbocycles. The second-order valence-electron chi connectivity index (χ2n) is 10.3. The summed E-state index contributed by atoms with van der Waals surface area (Å²) in [5, 5.41) is 0. The highest BCUT2D eigenvalue weighted by Gasteiger charge is 2.50. The predicted octanol–water partition coefficient (Wildman–Crippen LogP) is 2.30. The molecule has 1 aromatic carbocycles. The first-order chi connectivity index (χ1) is 17.1. The van der Waals surface area contributed by atoms with Gasteiger partial charge in [-0.05, 0) is 26.3 Å². The van der Waals surface area contributed by atoms with Crippen LogP contribution in [0.5, 0.6) is 0 Å². The number of piperazine rings is 1. The highest BCUT2D eigenvalue weighted by molar-refractivity contribution is 5.83. The maximum atomic E-state index is 13.2. The summed E-state index contributed by atoms with van der Waals surface area (Å²) in [5.41, 5.74) is 0.231. The third-order valence-electron chi connectivity index (χ3n) is 6.67. The van der Waals surface area contributed by atoms with Crippen molar-refractivity contribution in [3.8, 4) is 0 Å². The molecule has 11 heteroatoms. The lowest BCUT2D eigenvalue weighted by Crippen LogP contribution is -2.54. The molecule has 3 atom stereocenters. The van der Waals surface area contributed by atoms with Crippen molar-refractivity contribution in [3.05, 3.63) is 35.9 Å². The summed E-state index contributed by atoms with van der Waals surface area (Å²) in [4.78, 5) is 57.6. The van der Waals surface area contributed by atoms with Crippen molar-refractivity contribution in [2.75, 3.05) is 39.8 Å². The van der Waals surface area contributed by atoms with E-state index in [1.54, 1.807) is 14.7 Å². The summed E-state index contributed by atoms with van der Waals surface area (Å²) in [6.07, 6.45) is -0.765. The molecule has 0 aliphatic carbocycles. The second-order valence-corrected chi connectivity index (χ2v) is 10.3. The first kappa shape index (κ1) is 25.6. The lowest BCUT2D eigenvalue weighted by atomic mass is 10.1. The maximum Gasteiger partial charge on any atom is 0.410 e. The van der Waals surface area contributed by atoms with E-state index < -0.39 is 29.8 Å². The highest BCUT2D eigenvalue weighted by Crippen LogP contribution is 2.30. The van der Waals surface area contributed by atoms with E-state index in [0.717, 1.165) is 5.56 Å². The molecule has 196 valence electrons. The molecule has 3 saturated heterocycles. The summed E-state index contributed by atoms with van der Waals surface area (Å²) in [7, 11) is 1.27. The van der Waals surface area contributed by atoms with E-state index in [0.29, 0.717) is 26.2 Å². The number of carbonyl (C=O) groups excluding carboxylic acids is 4. The molecular formula is C25H34N4O7. The Bertz CT molecular complexity index is 996. The van der Waals surface area contributed by atoms with Gasteiger partial charge in [0.25, 0.3) is 0 Å². The van der Waals surface area contributed by atoms with Gasteiger partial charge in [0.15, 0.2) is 0 Å². The number of esters is 1. The third kappa shape index (κ3) is 5.50. The number of amides is 4. The molecular weight excluding hydrogens is 468 g/mol. The van der Waals surface area contributed by atoms with Crippen LogP contribution in [0.4, 0.5) is 14.4 Å². The predicted molar refractivity (Wildman–Crippen MR) is 128 cm³/mol. The Hall–Kier alpha value is -3.50. The highest BCUT2D eigenvalue weighted by atomic mass is 16.6. The number of carbonyl (C=O) groups is 4. The molecule has 11 nitrogen and oxygen atoms in total. The zero-order valence-corrected chi connectivity index (χ0v) is 21.2. The van der Waals surface area contributed by atoms with Crippen LogP contribution in [0, 0.1) is 0 Å². The summed E-state index contributed by atoms with van der Waals surface area (Å²) in [6, 6.07) is 7.71. The zero-order chi connectivity index (χ0) is 26.0. The lowest BCUT2D eigenvalue weighted by Gasteiger charge is -2.37. The van der Waals surface area contributed by atoms with Crippen LogP contribution in [0.1, 0.15) is 32.8 Å². The Morgan fingerprint density at radius 3 is 2.33 bits per heavy atom. The minimum atomic E-state index is -0.841. The van der Waals surface area contributed by atoms with Crippen molar-refractivity contribution in [3.63, 3.8) is 0 Å².